The third kappa shape index (κ3) is 1.87. The van der Waals surface area contributed by atoms with Crippen molar-refractivity contribution < 1.29 is 4.74 Å². The highest BCUT2D eigenvalue weighted by Crippen LogP contribution is 2.22. The topological polar surface area (TPSA) is 27.1 Å². The number of rotatable bonds is 2. The minimum atomic E-state index is 0.136. The first-order valence-electron chi connectivity index (χ1n) is 5.09. The van der Waals surface area contributed by atoms with Gasteiger partial charge in [0.25, 0.3) is 0 Å². The van der Waals surface area contributed by atoms with Crippen molar-refractivity contribution in [2.24, 2.45) is 0 Å². The Labute approximate surface area is 84.4 Å². The first kappa shape index (κ1) is 9.46. The molecule has 0 aromatic carbocycles. The van der Waals surface area contributed by atoms with Gasteiger partial charge in [-0.05, 0) is 31.8 Å². The number of hydrogen-bond donors (Lipinski definition) is 0. The lowest BCUT2D eigenvalue weighted by atomic mass is 10.2. The van der Waals surface area contributed by atoms with Gasteiger partial charge in [-0.15, -0.1) is 0 Å². The molecule has 3 heteroatoms. The van der Waals surface area contributed by atoms with Gasteiger partial charge in [-0.25, -0.2) is 4.68 Å². The summed E-state index contributed by atoms with van der Waals surface area (Å²) >= 11 is 0. The van der Waals surface area contributed by atoms with Gasteiger partial charge in [0, 0.05) is 18.4 Å². The summed E-state index contributed by atoms with van der Waals surface area (Å²) in [5.74, 6) is 0. The van der Waals surface area contributed by atoms with Crippen LogP contribution in [0.25, 0.3) is 5.57 Å². The summed E-state index contributed by atoms with van der Waals surface area (Å²) in [6, 6.07) is 0. The molecule has 1 aromatic heterocycles. The van der Waals surface area contributed by atoms with E-state index in [1.807, 2.05) is 24.0 Å². The molecule has 1 fully saturated rings. The number of nitrogens with zero attached hydrogens (tertiary/aromatic N) is 2. The fourth-order valence-corrected chi connectivity index (χ4v) is 1.65. The average molecular weight is 192 g/mol. The van der Waals surface area contributed by atoms with Crippen molar-refractivity contribution in [2.75, 3.05) is 6.61 Å². The van der Waals surface area contributed by atoms with Crippen molar-refractivity contribution >= 4 is 5.57 Å². The summed E-state index contributed by atoms with van der Waals surface area (Å²) in [4.78, 5) is 0. The van der Waals surface area contributed by atoms with Crippen LogP contribution in [0.3, 0.4) is 0 Å². The van der Waals surface area contributed by atoms with Gasteiger partial charge in [-0.1, -0.05) is 6.58 Å². The Balaban J connectivity index is 2.11. The molecule has 0 saturated carbocycles. The normalized spacial score (nSPS) is 22.2. The minimum Gasteiger partial charge on any atom is -0.357 e. The molecule has 0 aliphatic carbocycles. The van der Waals surface area contributed by atoms with Crippen molar-refractivity contribution in [3.05, 3.63) is 24.5 Å². The molecule has 14 heavy (non-hydrogen) atoms. The van der Waals surface area contributed by atoms with Crippen molar-refractivity contribution in [1.82, 2.24) is 9.78 Å². The van der Waals surface area contributed by atoms with E-state index in [2.05, 4.69) is 11.7 Å². The molecule has 1 saturated heterocycles. The molecule has 1 atom stereocenters. The molecule has 1 aromatic rings. The third-order valence-electron chi connectivity index (χ3n) is 2.55. The van der Waals surface area contributed by atoms with Crippen molar-refractivity contribution in [2.45, 2.75) is 32.4 Å². The van der Waals surface area contributed by atoms with E-state index < -0.39 is 0 Å². The maximum absolute atomic E-state index is 5.63. The first-order chi connectivity index (χ1) is 6.77. The van der Waals surface area contributed by atoms with E-state index in [9.17, 15) is 0 Å². The Hall–Kier alpha value is -1.09. The fraction of sp³-hybridized carbons (Fsp3) is 0.545. The second-order valence-electron chi connectivity index (χ2n) is 3.81. The van der Waals surface area contributed by atoms with Gasteiger partial charge in [0.1, 0.15) is 6.23 Å². The van der Waals surface area contributed by atoms with E-state index in [4.69, 9.17) is 4.74 Å². The van der Waals surface area contributed by atoms with Crippen LogP contribution >= 0.6 is 0 Å². The number of aromatic nitrogens is 2. The van der Waals surface area contributed by atoms with Gasteiger partial charge < -0.3 is 4.74 Å². The number of hydrogen-bond acceptors (Lipinski definition) is 2. The maximum atomic E-state index is 5.63. The van der Waals surface area contributed by atoms with Gasteiger partial charge in [0.05, 0.1) is 6.20 Å². The predicted molar refractivity (Wildman–Crippen MR) is 55.8 cm³/mol. The summed E-state index contributed by atoms with van der Waals surface area (Å²) in [5.41, 5.74) is 2.14. The zero-order valence-electron chi connectivity index (χ0n) is 8.57. The standard InChI is InChI=1S/C11H16N2O/c1-9(2)10-7-12-13(8-10)11-5-3-4-6-14-11/h7-8,11H,1,3-6H2,2H3. The Morgan fingerprint density at radius 3 is 3.07 bits per heavy atom. The van der Waals surface area contributed by atoms with Crippen molar-refractivity contribution in [3.63, 3.8) is 0 Å². The second kappa shape index (κ2) is 3.96. The lowest BCUT2D eigenvalue weighted by molar-refractivity contribution is -0.0394. The maximum Gasteiger partial charge on any atom is 0.150 e. The van der Waals surface area contributed by atoms with Crippen LogP contribution in [0, 0.1) is 0 Å². The van der Waals surface area contributed by atoms with Crippen molar-refractivity contribution in [3.8, 4) is 0 Å². The Kier molecular flexibility index (Phi) is 2.68. The second-order valence-corrected chi connectivity index (χ2v) is 3.81. The summed E-state index contributed by atoms with van der Waals surface area (Å²) < 4.78 is 7.53. The van der Waals surface area contributed by atoms with E-state index >= 15 is 0 Å². The van der Waals surface area contributed by atoms with Crippen LogP contribution in [-0.4, -0.2) is 16.4 Å². The molecule has 3 nitrogen and oxygen atoms in total. The summed E-state index contributed by atoms with van der Waals surface area (Å²) in [7, 11) is 0. The lowest BCUT2D eigenvalue weighted by Crippen LogP contribution is -2.18. The Bertz CT molecular complexity index is 324. The highest BCUT2D eigenvalue weighted by molar-refractivity contribution is 5.59. The van der Waals surface area contributed by atoms with Crippen LogP contribution < -0.4 is 0 Å². The highest BCUT2D eigenvalue weighted by atomic mass is 16.5. The highest BCUT2D eigenvalue weighted by Gasteiger charge is 2.16. The molecule has 0 spiro atoms. The average Bonchev–Trinajstić information content (AvgIpc) is 2.68. The van der Waals surface area contributed by atoms with E-state index in [0.29, 0.717) is 0 Å². The molecule has 76 valence electrons. The fourth-order valence-electron chi connectivity index (χ4n) is 1.65. The molecule has 0 bridgehead atoms. The summed E-state index contributed by atoms with van der Waals surface area (Å²) in [6.45, 7) is 6.73. The molecule has 0 amide bonds. The van der Waals surface area contributed by atoms with Gasteiger partial charge in [0.15, 0.2) is 0 Å². The van der Waals surface area contributed by atoms with E-state index in [-0.39, 0.29) is 6.23 Å². The van der Waals surface area contributed by atoms with Crippen LogP contribution in [0.4, 0.5) is 0 Å². The lowest BCUT2D eigenvalue weighted by Gasteiger charge is -2.22. The van der Waals surface area contributed by atoms with Gasteiger partial charge in [0.2, 0.25) is 0 Å². The molecular formula is C11H16N2O. The molecule has 0 N–H and O–H groups in total. The van der Waals surface area contributed by atoms with E-state index in [1.54, 1.807) is 0 Å². The number of allylic oxidation sites excluding steroid dienone is 1. The van der Waals surface area contributed by atoms with Gasteiger partial charge in [-0.2, -0.15) is 5.10 Å². The quantitative estimate of drug-likeness (QED) is 0.720. The molecule has 0 radical (unpaired) electrons. The SMILES string of the molecule is C=C(C)c1cnn(C2CCCCO2)c1. The molecule has 2 heterocycles. The van der Waals surface area contributed by atoms with Crippen LogP contribution in [0.15, 0.2) is 19.0 Å². The Morgan fingerprint density at radius 2 is 2.50 bits per heavy atom. The molecule has 2 rings (SSSR count). The molecular weight excluding hydrogens is 176 g/mol. The first-order valence-corrected chi connectivity index (χ1v) is 5.09. The van der Waals surface area contributed by atoms with Crippen LogP contribution in [-0.2, 0) is 4.74 Å². The largest absolute Gasteiger partial charge is 0.357 e. The molecule has 1 aliphatic rings. The Morgan fingerprint density at radius 1 is 1.64 bits per heavy atom. The monoisotopic (exact) mass is 192 g/mol. The van der Waals surface area contributed by atoms with Gasteiger partial charge in [-0.3, -0.25) is 0 Å². The third-order valence-corrected chi connectivity index (χ3v) is 2.55. The smallest absolute Gasteiger partial charge is 0.150 e. The van der Waals surface area contributed by atoms with Crippen molar-refractivity contribution in [1.29, 1.82) is 0 Å². The summed E-state index contributed by atoms with van der Waals surface area (Å²) in [6.07, 6.45) is 7.46. The molecule has 1 aliphatic heterocycles. The minimum absolute atomic E-state index is 0.136. The van der Waals surface area contributed by atoms with Crippen LogP contribution in [0.5, 0.6) is 0 Å². The number of ether oxygens (including phenoxy) is 1. The molecule has 1 unspecified atom stereocenters. The van der Waals surface area contributed by atoms with Gasteiger partial charge >= 0.3 is 0 Å². The predicted octanol–water partition coefficient (Wildman–Crippen LogP) is 2.62. The zero-order chi connectivity index (χ0) is 9.97. The van der Waals surface area contributed by atoms with Crippen LogP contribution in [0.1, 0.15) is 38.0 Å². The zero-order valence-corrected chi connectivity index (χ0v) is 8.57. The van der Waals surface area contributed by atoms with E-state index in [0.717, 1.165) is 24.2 Å². The van der Waals surface area contributed by atoms with Crippen LogP contribution in [0.2, 0.25) is 0 Å². The van der Waals surface area contributed by atoms with E-state index in [1.165, 1.54) is 12.8 Å². The summed E-state index contributed by atoms with van der Waals surface area (Å²) in [5, 5.41) is 4.29.